The number of nitrogens with zero attached hydrogens (tertiary/aromatic N) is 4. The second kappa shape index (κ2) is 6.31. The molecule has 0 N–H and O–H groups in total. The van der Waals surface area contributed by atoms with E-state index in [1.165, 1.54) is 6.39 Å². The van der Waals surface area contributed by atoms with Crippen molar-refractivity contribution in [2.24, 2.45) is 0 Å². The Morgan fingerprint density at radius 1 is 1.58 bits per heavy atom. The standard InChI is InChI=1S/C12H18N4O3/c1-15(8-10-13-9-19-14-10)11(17)4-2-6-16-7-3-5-12(16)18/h9H,2-8H2,1H3. The molecule has 0 aliphatic carbocycles. The van der Waals surface area contributed by atoms with Crippen LogP contribution in [0, 0.1) is 0 Å². The molecular formula is C12H18N4O3. The highest BCUT2D eigenvalue weighted by Crippen LogP contribution is 2.11. The Morgan fingerprint density at radius 2 is 2.42 bits per heavy atom. The molecule has 0 unspecified atom stereocenters. The van der Waals surface area contributed by atoms with E-state index in [1.54, 1.807) is 11.9 Å². The molecule has 1 aromatic rings. The Hall–Kier alpha value is -1.92. The summed E-state index contributed by atoms with van der Waals surface area (Å²) < 4.78 is 4.61. The van der Waals surface area contributed by atoms with Gasteiger partial charge in [0.25, 0.3) is 0 Å². The summed E-state index contributed by atoms with van der Waals surface area (Å²) in [7, 11) is 1.71. The summed E-state index contributed by atoms with van der Waals surface area (Å²) in [5.74, 6) is 0.717. The van der Waals surface area contributed by atoms with Crippen LogP contribution in [0.3, 0.4) is 0 Å². The minimum Gasteiger partial charge on any atom is -0.343 e. The molecule has 0 bridgehead atoms. The summed E-state index contributed by atoms with van der Waals surface area (Å²) in [4.78, 5) is 30.5. The minimum atomic E-state index is 0.0245. The van der Waals surface area contributed by atoms with Gasteiger partial charge in [-0.3, -0.25) is 9.59 Å². The SMILES string of the molecule is CN(Cc1ncon1)C(=O)CCCN1CCCC1=O. The van der Waals surface area contributed by atoms with Crippen LogP contribution in [-0.2, 0) is 16.1 Å². The molecule has 0 spiro atoms. The van der Waals surface area contributed by atoms with E-state index in [9.17, 15) is 9.59 Å². The Morgan fingerprint density at radius 3 is 3.05 bits per heavy atom. The van der Waals surface area contributed by atoms with E-state index in [-0.39, 0.29) is 11.8 Å². The maximum absolute atomic E-state index is 11.9. The fourth-order valence-corrected chi connectivity index (χ4v) is 2.11. The molecule has 2 rings (SSSR count). The van der Waals surface area contributed by atoms with Crippen molar-refractivity contribution < 1.29 is 14.1 Å². The molecule has 0 aromatic carbocycles. The zero-order chi connectivity index (χ0) is 13.7. The summed E-state index contributed by atoms with van der Waals surface area (Å²) in [6.45, 7) is 1.84. The van der Waals surface area contributed by atoms with Crippen molar-refractivity contribution in [1.82, 2.24) is 19.9 Å². The topological polar surface area (TPSA) is 79.5 Å². The fourth-order valence-electron chi connectivity index (χ4n) is 2.11. The van der Waals surface area contributed by atoms with Crippen molar-refractivity contribution in [3.05, 3.63) is 12.2 Å². The molecular weight excluding hydrogens is 248 g/mol. The quantitative estimate of drug-likeness (QED) is 0.746. The average molecular weight is 266 g/mol. The first-order valence-electron chi connectivity index (χ1n) is 6.44. The Balaban J connectivity index is 1.67. The molecule has 1 aromatic heterocycles. The van der Waals surface area contributed by atoms with E-state index in [2.05, 4.69) is 14.7 Å². The van der Waals surface area contributed by atoms with Crippen LogP contribution in [0.5, 0.6) is 0 Å². The molecule has 7 nitrogen and oxygen atoms in total. The van der Waals surface area contributed by atoms with Gasteiger partial charge in [-0.1, -0.05) is 5.16 Å². The molecule has 19 heavy (non-hydrogen) atoms. The maximum atomic E-state index is 11.9. The molecule has 1 aliphatic heterocycles. The van der Waals surface area contributed by atoms with Gasteiger partial charge in [0, 0.05) is 33.0 Å². The number of hydrogen-bond acceptors (Lipinski definition) is 5. The predicted octanol–water partition coefficient (Wildman–Crippen LogP) is 0.431. The van der Waals surface area contributed by atoms with E-state index in [4.69, 9.17) is 0 Å². The summed E-state index contributed by atoms with van der Waals surface area (Å²) in [5.41, 5.74) is 0. The van der Waals surface area contributed by atoms with Crippen LogP contribution < -0.4 is 0 Å². The van der Waals surface area contributed by atoms with Gasteiger partial charge in [0.1, 0.15) is 0 Å². The van der Waals surface area contributed by atoms with Gasteiger partial charge < -0.3 is 14.3 Å². The molecule has 1 fully saturated rings. The molecule has 0 atom stereocenters. The molecule has 0 radical (unpaired) electrons. The highest BCUT2D eigenvalue weighted by atomic mass is 16.5. The largest absolute Gasteiger partial charge is 0.343 e. The van der Waals surface area contributed by atoms with Gasteiger partial charge in [-0.05, 0) is 12.8 Å². The lowest BCUT2D eigenvalue weighted by Crippen LogP contribution is -2.29. The summed E-state index contributed by atoms with van der Waals surface area (Å²) >= 11 is 0. The highest BCUT2D eigenvalue weighted by Gasteiger charge is 2.20. The number of carbonyl (C=O) groups excluding carboxylic acids is 2. The lowest BCUT2D eigenvalue weighted by Gasteiger charge is -2.17. The number of rotatable bonds is 6. The maximum Gasteiger partial charge on any atom is 0.222 e. The van der Waals surface area contributed by atoms with Gasteiger partial charge >= 0.3 is 0 Å². The number of hydrogen-bond donors (Lipinski definition) is 0. The summed E-state index contributed by atoms with van der Waals surface area (Å²) in [5, 5.41) is 3.66. The van der Waals surface area contributed by atoms with Crippen LogP contribution in [0.1, 0.15) is 31.5 Å². The van der Waals surface area contributed by atoms with Crippen molar-refractivity contribution in [2.75, 3.05) is 20.1 Å². The fraction of sp³-hybridized carbons (Fsp3) is 0.667. The highest BCUT2D eigenvalue weighted by molar-refractivity contribution is 5.78. The van der Waals surface area contributed by atoms with Crippen LogP contribution in [0.2, 0.25) is 0 Å². The predicted molar refractivity (Wildman–Crippen MR) is 65.8 cm³/mol. The van der Waals surface area contributed by atoms with Crippen molar-refractivity contribution >= 4 is 11.8 Å². The van der Waals surface area contributed by atoms with Gasteiger partial charge in [-0.2, -0.15) is 4.98 Å². The molecule has 1 saturated heterocycles. The molecule has 2 amide bonds. The van der Waals surface area contributed by atoms with Crippen LogP contribution in [0.4, 0.5) is 0 Å². The average Bonchev–Trinajstić information content (AvgIpc) is 3.02. The Labute approximate surface area is 111 Å². The van der Waals surface area contributed by atoms with E-state index in [0.29, 0.717) is 38.2 Å². The third-order valence-electron chi connectivity index (χ3n) is 3.20. The smallest absolute Gasteiger partial charge is 0.222 e. The first-order valence-corrected chi connectivity index (χ1v) is 6.44. The van der Waals surface area contributed by atoms with Crippen molar-refractivity contribution in [3.63, 3.8) is 0 Å². The van der Waals surface area contributed by atoms with E-state index in [0.717, 1.165) is 13.0 Å². The third-order valence-corrected chi connectivity index (χ3v) is 3.20. The van der Waals surface area contributed by atoms with Gasteiger partial charge in [0.15, 0.2) is 5.82 Å². The minimum absolute atomic E-state index is 0.0245. The lowest BCUT2D eigenvalue weighted by molar-refractivity contribution is -0.132. The van der Waals surface area contributed by atoms with Crippen molar-refractivity contribution in [3.8, 4) is 0 Å². The van der Waals surface area contributed by atoms with Gasteiger partial charge in [-0.15, -0.1) is 0 Å². The zero-order valence-corrected chi connectivity index (χ0v) is 11.0. The first-order chi connectivity index (χ1) is 9.16. The van der Waals surface area contributed by atoms with Crippen molar-refractivity contribution in [2.45, 2.75) is 32.2 Å². The van der Waals surface area contributed by atoms with Crippen molar-refractivity contribution in [1.29, 1.82) is 0 Å². The Kier molecular flexibility index (Phi) is 4.48. The second-order valence-corrected chi connectivity index (χ2v) is 4.69. The Bertz CT molecular complexity index is 432. The van der Waals surface area contributed by atoms with E-state index in [1.807, 2.05) is 4.90 Å². The first kappa shape index (κ1) is 13.5. The monoisotopic (exact) mass is 266 g/mol. The van der Waals surface area contributed by atoms with Gasteiger partial charge in [-0.25, -0.2) is 0 Å². The van der Waals surface area contributed by atoms with Gasteiger partial charge in [0.05, 0.1) is 6.54 Å². The summed E-state index contributed by atoms with van der Waals surface area (Å²) in [6, 6.07) is 0. The molecule has 1 aliphatic rings. The third kappa shape index (κ3) is 3.77. The molecule has 104 valence electrons. The summed E-state index contributed by atoms with van der Waals surface area (Å²) in [6.07, 6.45) is 3.95. The number of amides is 2. The number of carbonyl (C=O) groups is 2. The van der Waals surface area contributed by atoms with Crippen LogP contribution in [0.15, 0.2) is 10.9 Å². The lowest BCUT2D eigenvalue weighted by atomic mass is 10.2. The second-order valence-electron chi connectivity index (χ2n) is 4.69. The van der Waals surface area contributed by atoms with Crippen LogP contribution >= 0.6 is 0 Å². The van der Waals surface area contributed by atoms with E-state index >= 15 is 0 Å². The van der Waals surface area contributed by atoms with E-state index < -0.39 is 0 Å². The van der Waals surface area contributed by atoms with Crippen LogP contribution in [0.25, 0.3) is 0 Å². The zero-order valence-electron chi connectivity index (χ0n) is 11.0. The van der Waals surface area contributed by atoms with Crippen LogP contribution in [-0.4, -0.2) is 51.9 Å². The number of likely N-dealkylation sites (tertiary alicyclic amines) is 1. The molecule has 2 heterocycles. The molecule has 0 saturated carbocycles. The van der Waals surface area contributed by atoms with Gasteiger partial charge in [0.2, 0.25) is 18.2 Å². The normalized spacial score (nSPS) is 15.0. The molecule has 7 heteroatoms. The number of aromatic nitrogens is 2.